The summed E-state index contributed by atoms with van der Waals surface area (Å²) in [4.78, 5) is 120. The minimum atomic E-state index is -4.78. The molecule has 1 heterocycles. The molecule has 0 spiro atoms. The number of benzene rings is 2. The Balaban J connectivity index is 2.02. The molecule has 66 heavy (non-hydrogen) atoms. The van der Waals surface area contributed by atoms with E-state index in [-0.39, 0.29) is 31.5 Å². The zero-order chi connectivity index (χ0) is 49.5. The highest BCUT2D eigenvalue weighted by molar-refractivity contribution is 5.98. The molecule has 0 aliphatic heterocycles. The van der Waals surface area contributed by atoms with E-state index in [9.17, 15) is 61.4 Å². The predicted molar refractivity (Wildman–Crippen MR) is 233 cm³/mol. The second kappa shape index (κ2) is 23.9. The molecule has 6 atom stereocenters. The number of aryl methyl sites for hydroxylation is 1. The molecule has 360 valence electrons. The summed E-state index contributed by atoms with van der Waals surface area (Å²) in [5.74, 6) is -8.94. The number of carbonyl (C=O) groups is 9. The van der Waals surface area contributed by atoms with Crippen molar-refractivity contribution >= 4 is 64.6 Å². The fourth-order valence-electron chi connectivity index (χ4n) is 6.96. The first-order chi connectivity index (χ1) is 30.8. The third-order valence-corrected chi connectivity index (χ3v) is 10.3. The summed E-state index contributed by atoms with van der Waals surface area (Å²) >= 11 is 0. The van der Waals surface area contributed by atoms with Crippen LogP contribution in [-0.4, -0.2) is 111 Å². The van der Waals surface area contributed by atoms with Gasteiger partial charge in [-0.25, -0.2) is 0 Å². The van der Waals surface area contributed by atoms with E-state index in [4.69, 9.17) is 5.11 Å². The number of carbonyl (C=O) groups excluding carboxylic acids is 7. The third-order valence-electron chi connectivity index (χ3n) is 10.3. The number of hydrogen-bond acceptors (Lipinski definition) is 9. The molecule has 0 aliphatic carbocycles. The minimum absolute atomic E-state index is 0.0607. The zero-order valence-electron chi connectivity index (χ0n) is 37.5. The van der Waals surface area contributed by atoms with Gasteiger partial charge >= 0.3 is 18.1 Å². The monoisotopic (exact) mass is 929 g/mol. The van der Waals surface area contributed by atoms with Gasteiger partial charge in [0.1, 0.15) is 36.5 Å². The van der Waals surface area contributed by atoms with Gasteiger partial charge in [0.15, 0.2) is 0 Å². The van der Waals surface area contributed by atoms with Gasteiger partial charge < -0.3 is 51.9 Å². The first-order valence-electron chi connectivity index (χ1n) is 21.1. The lowest BCUT2D eigenvalue weighted by atomic mass is 9.85. The number of halogens is 3. The summed E-state index contributed by atoms with van der Waals surface area (Å²) in [7, 11) is 0. The number of nitrogens with one attached hydrogen (secondary N) is 7. The highest BCUT2D eigenvalue weighted by atomic mass is 19.4. The maximum atomic E-state index is 14.5. The van der Waals surface area contributed by atoms with E-state index in [0.717, 1.165) is 5.56 Å². The summed E-state index contributed by atoms with van der Waals surface area (Å²) in [5.41, 5.74) is 1.41. The van der Waals surface area contributed by atoms with Gasteiger partial charge in [0, 0.05) is 36.4 Å². The smallest absolute Gasteiger partial charge is 0.391 e. The molecular weight excluding hydrogens is 872 g/mol. The molecule has 0 saturated carbocycles. The minimum Gasteiger partial charge on any atom is -0.481 e. The quantitative estimate of drug-likeness (QED) is 0.0589. The average molecular weight is 930 g/mol. The standard InChI is InChI=1S/C45H58F3N7O11/c1-24(2)17-31(39(62)50-28(23-56)21-45(46,47)48)54-43(66)38(44(4,5)6)55-42(65)32(18-26-12-8-7-11-25(26)3)52-40(63)33(19-27-22-49-30-14-10-9-13-29(27)30)53-41(64)34(20-37(60)61)51-35(57)15-16-36(58)59/h7-14,22-24,28,31-34,38,49H,15-21H2,1-6H3,(H,50,62)(H,51,57)(H,52,63)(H,53,64)(H,54,66)(H,55,65)(H,58,59)(H,60,61)/t28?,31-,32-,33+,34-,38+/m0/s1. The van der Waals surface area contributed by atoms with Gasteiger partial charge in [-0.15, -0.1) is 0 Å². The van der Waals surface area contributed by atoms with Crippen molar-refractivity contribution < 1.29 is 66.5 Å². The number of aldehydes is 1. The van der Waals surface area contributed by atoms with Crippen molar-refractivity contribution in [1.82, 2.24) is 36.9 Å². The number of hydrogen-bond donors (Lipinski definition) is 9. The molecule has 0 saturated heterocycles. The van der Waals surface area contributed by atoms with Gasteiger partial charge in [-0.3, -0.25) is 38.4 Å². The molecule has 18 nitrogen and oxygen atoms in total. The van der Waals surface area contributed by atoms with Gasteiger partial charge in [-0.2, -0.15) is 13.2 Å². The highest BCUT2D eigenvalue weighted by Gasteiger charge is 2.39. The van der Waals surface area contributed by atoms with Gasteiger partial charge in [0.05, 0.1) is 25.3 Å². The molecule has 2 aromatic carbocycles. The summed E-state index contributed by atoms with van der Waals surface area (Å²) in [6.07, 6.45) is -7.47. The number of carboxylic acid groups (broad SMARTS) is 2. The van der Waals surface area contributed by atoms with Crippen LogP contribution in [0.2, 0.25) is 0 Å². The van der Waals surface area contributed by atoms with Crippen LogP contribution in [-0.2, 0) is 56.0 Å². The Bertz CT molecular complexity index is 2240. The van der Waals surface area contributed by atoms with Crippen LogP contribution in [0.3, 0.4) is 0 Å². The van der Waals surface area contributed by atoms with Gasteiger partial charge in [0.2, 0.25) is 35.4 Å². The number of para-hydroxylation sites is 1. The van der Waals surface area contributed by atoms with Crippen LogP contribution in [0.15, 0.2) is 54.7 Å². The zero-order valence-corrected chi connectivity index (χ0v) is 37.5. The third kappa shape index (κ3) is 17.3. The molecule has 3 aromatic rings. The van der Waals surface area contributed by atoms with Crippen molar-refractivity contribution in [3.8, 4) is 0 Å². The topological polar surface area (TPSA) is 282 Å². The lowest BCUT2D eigenvalue weighted by Crippen LogP contribution is -2.62. The second-order valence-corrected chi connectivity index (χ2v) is 17.5. The maximum Gasteiger partial charge on any atom is 0.391 e. The van der Waals surface area contributed by atoms with Crippen LogP contribution in [0, 0.1) is 18.3 Å². The van der Waals surface area contributed by atoms with E-state index >= 15 is 0 Å². The fourth-order valence-corrected chi connectivity index (χ4v) is 6.96. The highest BCUT2D eigenvalue weighted by Crippen LogP contribution is 2.24. The van der Waals surface area contributed by atoms with Crippen LogP contribution in [0.25, 0.3) is 10.9 Å². The predicted octanol–water partition coefficient (Wildman–Crippen LogP) is 2.75. The Morgan fingerprint density at radius 3 is 1.77 bits per heavy atom. The number of fused-ring (bicyclic) bond motifs is 1. The number of amides is 6. The molecule has 9 N–H and O–H groups in total. The van der Waals surface area contributed by atoms with Crippen LogP contribution in [0.5, 0.6) is 0 Å². The largest absolute Gasteiger partial charge is 0.481 e. The number of alkyl halides is 3. The van der Waals surface area contributed by atoms with Gasteiger partial charge in [0.25, 0.3) is 0 Å². The van der Waals surface area contributed by atoms with Crippen LogP contribution >= 0.6 is 0 Å². The summed E-state index contributed by atoms with van der Waals surface area (Å²) in [5, 5.41) is 33.9. The number of carboxylic acids is 2. The molecule has 1 unspecified atom stereocenters. The van der Waals surface area contributed by atoms with E-state index in [0.29, 0.717) is 22.0 Å². The lowest BCUT2D eigenvalue weighted by molar-refractivity contribution is -0.147. The van der Waals surface area contributed by atoms with Crippen molar-refractivity contribution in [2.75, 3.05) is 0 Å². The summed E-state index contributed by atoms with van der Waals surface area (Å²) in [6, 6.07) is 4.34. The van der Waals surface area contributed by atoms with Crippen molar-refractivity contribution in [3.63, 3.8) is 0 Å². The fraction of sp³-hybridized carbons (Fsp3) is 0.489. The van der Waals surface area contributed by atoms with E-state index < -0.39 is 121 Å². The van der Waals surface area contributed by atoms with Crippen molar-refractivity contribution in [2.24, 2.45) is 11.3 Å². The molecule has 6 amide bonds. The normalized spacial score (nSPS) is 14.4. The number of H-pyrrole nitrogens is 1. The van der Waals surface area contributed by atoms with E-state index in [2.05, 4.69) is 31.6 Å². The van der Waals surface area contributed by atoms with E-state index in [1.165, 1.54) is 0 Å². The molecule has 0 aliphatic rings. The Hall–Kier alpha value is -6.80. The molecular formula is C45H58F3N7O11. The number of aliphatic carboxylic acids is 2. The lowest BCUT2D eigenvalue weighted by Gasteiger charge is -2.34. The number of rotatable bonds is 24. The van der Waals surface area contributed by atoms with Crippen LogP contribution in [0.4, 0.5) is 13.2 Å². The molecule has 0 bridgehead atoms. The first kappa shape index (κ1) is 53.5. The Morgan fingerprint density at radius 2 is 1.21 bits per heavy atom. The molecule has 1 aromatic heterocycles. The van der Waals surface area contributed by atoms with Crippen molar-refractivity contribution in [1.29, 1.82) is 0 Å². The van der Waals surface area contributed by atoms with Gasteiger partial charge in [-0.05, 0) is 47.4 Å². The Morgan fingerprint density at radius 1 is 0.667 bits per heavy atom. The SMILES string of the molecule is Cc1ccccc1C[C@H](NC(=O)[C@@H](Cc1c[nH]c2ccccc12)NC(=O)[C@H](CC(=O)O)NC(=O)CCC(=O)O)C(=O)N[C@H](C(=O)N[C@@H](CC(C)C)C(=O)NC(C=O)CC(F)(F)F)C(C)(C)C. The van der Waals surface area contributed by atoms with E-state index in [1.54, 1.807) is 96.3 Å². The Labute approximate surface area is 379 Å². The molecule has 0 fully saturated rings. The van der Waals surface area contributed by atoms with E-state index in [1.807, 2.05) is 5.32 Å². The van der Waals surface area contributed by atoms with Crippen molar-refractivity contribution in [3.05, 3.63) is 71.4 Å². The maximum absolute atomic E-state index is 14.5. The number of aromatic nitrogens is 1. The van der Waals surface area contributed by atoms with Crippen LogP contribution in [0.1, 0.15) is 83.4 Å². The number of aromatic amines is 1. The molecule has 3 rings (SSSR count). The van der Waals surface area contributed by atoms with Crippen molar-refractivity contribution in [2.45, 2.75) is 129 Å². The average Bonchev–Trinajstić information content (AvgIpc) is 3.62. The Kier molecular flexibility index (Phi) is 19.4. The molecule has 0 radical (unpaired) electrons. The summed E-state index contributed by atoms with van der Waals surface area (Å²) in [6.45, 7) is 9.93. The van der Waals surface area contributed by atoms with Crippen LogP contribution < -0.4 is 31.9 Å². The summed E-state index contributed by atoms with van der Waals surface area (Å²) < 4.78 is 39.3. The van der Waals surface area contributed by atoms with Gasteiger partial charge in [-0.1, -0.05) is 77.1 Å². The second-order valence-electron chi connectivity index (χ2n) is 17.5. The first-order valence-corrected chi connectivity index (χ1v) is 21.1. The molecule has 21 heteroatoms.